The number of hydrogen-bond acceptors (Lipinski definition) is 2. The summed E-state index contributed by atoms with van der Waals surface area (Å²) in [5.41, 5.74) is 9.10. The van der Waals surface area contributed by atoms with Crippen LogP contribution in [0.5, 0.6) is 5.75 Å². The minimum atomic E-state index is 0.238. The van der Waals surface area contributed by atoms with E-state index in [0.717, 1.165) is 55.9 Å². The van der Waals surface area contributed by atoms with Crippen LogP contribution in [0.15, 0.2) is 128 Å². The summed E-state index contributed by atoms with van der Waals surface area (Å²) in [7, 11) is 0. The largest absolute Gasteiger partial charge is 0.504 e. The van der Waals surface area contributed by atoms with Gasteiger partial charge < -0.3 is 5.11 Å². The molecule has 8 aromatic rings. The smallest absolute Gasteiger partial charge is 0.255 e. The minimum absolute atomic E-state index is 0.238. The Morgan fingerprint density at radius 1 is 0.632 bits per heavy atom. The lowest BCUT2D eigenvalue weighted by Gasteiger charge is -2.07. The maximum atomic E-state index is 10.6. The molecule has 0 bridgehead atoms. The maximum Gasteiger partial charge on any atom is 0.255 e. The van der Waals surface area contributed by atoms with Gasteiger partial charge in [0.2, 0.25) is 5.78 Å². The molecule has 1 N–H and O–H groups in total. The van der Waals surface area contributed by atoms with E-state index in [1.807, 2.05) is 47.3 Å². The Kier molecular flexibility index (Phi) is 4.28. The van der Waals surface area contributed by atoms with Crippen molar-refractivity contribution in [3.8, 4) is 22.8 Å². The molecule has 0 aliphatic carbocycles. The second-order valence-electron chi connectivity index (χ2n) is 9.41. The number of phenols is 1. The average Bonchev–Trinajstić information content (AvgIpc) is 3.62. The molecule has 5 aromatic carbocycles. The van der Waals surface area contributed by atoms with Gasteiger partial charge >= 0.3 is 0 Å². The Labute approximate surface area is 217 Å². The summed E-state index contributed by atoms with van der Waals surface area (Å²) in [5, 5.41) is 10.6. The molecular weight excluding hydrogens is 470 g/mol. The van der Waals surface area contributed by atoms with Crippen molar-refractivity contribution in [3.63, 3.8) is 0 Å². The Balaban J connectivity index is 1.39. The van der Waals surface area contributed by atoms with Gasteiger partial charge in [-0.3, -0.25) is 8.97 Å². The minimum Gasteiger partial charge on any atom is -0.504 e. The third-order valence-corrected chi connectivity index (χ3v) is 7.25. The van der Waals surface area contributed by atoms with E-state index in [0.29, 0.717) is 0 Å². The molecule has 0 radical (unpaired) electrons. The molecule has 0 aliphatic heterocycles. The number of aromatic nitrogens is 5. The molecule has 0 saturated carbocycles. The molecule has 8 rings (SSSR count). The van der Waals surface area contributed by atoms with Crippen molar-refractivity contribution in [2.75, 3.05) is 0 Å². The average molecular weight is 493 g/mol. The highest BCUT2D eigenvalue weighted by atomic mass is 16.3. The van der Waals surface area contributed by atoms with Crippen molar-refractivity contribution in [1.82, 2.24) is 18.5 Å². The number of imidazole rings is 3. The predicted octanol–water partition coefficient (Wildman–Crippen LogP) is 6.36. The molecule has 0 spiro atoms. The third kappa shape index (κ3) is 2.88. The number of para-hydroxylation sites is 8. The molecule has 180 valence electrons. The van der Waals surface area contributed by atoms with Crippen molar-refractivity contribution in [2.45, 2.75) is 0 Å². The Hall–Kier alpha value is -5.36. The summed E-state index contributed by atoms with van der Waals surface area (Å²) in [6.45, 7) is 0. The van der Waals surface area contributed by atoms with Crippen LogP contribution in [0.2, 0.25) is 0 Å². The number of fused-ring (bicyclic) bond motifs is 6. The molecule has 0 saturated heterocycles. The van der Waals surface area contributed by atoms with Gasteiger partial charge in [-0.2, -0.15) is 9.13 Å². The van der Waals surface area contributed by atoms with Crippen LogP contribution in [0.25, 0.3) is 55.9 Å². The van der Waals surface area contributed by atoms with E-state index < -0.39 is 0 Å². The van der Waals surface area contributed by atoms with Gasteiger partial charge in [-0.25, -0.2) is 4.98 Å². The van der Waals surface area contributed by atoms with E-state index in [2.05, 4.69) is 92.4 Å². The highest BCUT2D eigenvalue weighted by molar-refractivity contribution is 5.92. The first-order chi connectivity index (χ1) is 18.8. The van der Waals surface area contributed by atoms with E-state index in [4.69, 9.17) is 4.98 Å². The van der Waals surface area contributed by atoms with Crippen LogP contribution < -0.4 is 4.57 Å². The van der Waals surface area contributed by atoms with Crippen molar-refractivity contribution in [2.24, 2.45) is 0 Å². The fourth-order valence-electron chi connectivity index (χ4n) is 5.56. The van der Waals surface area contributed by atoms with E-state index in [9.17, 15) is 5.11 Å². The lowest BCUT2D eigenvalue weighted by Crippen LogP contribution is -2.29. The quantitative estimate of drug-likeness (QED) is 0.292. The first kappa shape index (κ1) is 20.8. The summed E-state index contributed by atoms with van der Waals surface area (Å²) in [6, 6.07) is 40.8. The summed E-state index contributed by atoms with van der Waals surface area (Å²) in [4.78, 5) is 5.02. The van der Waals surface area contributed by atoms with Crippen LogP contribution >= 0.6 is 0 Å². The number of rotatable bonds is 3. The number of phenolic OH excluding ortho intramolecular Hbond substituents is 1. The Morgan fingerprint density at radius 2 is 1.34 bits per heavy atom. The topological polar surface area (TPSA) is 51.3 Å². The molecule has 3 heterocycles. The normalized spacial score (nSPS) is 11.8. The zero-order valence-electron chi connectivity index (χ0n) is 20.3. The fraction of sp³-hybridized carbons (Fsp3) is 0. The highest BCUT2D eigenvalue weighted by Crippen LogP contribution is 2.30. The van der Waals surface area contributed by atoms with Crippen LogP contribution in [0.1, 0.15) is 0 Å². The molecule has 0 fully saturated rings. The molecule has 0 aliphatic rings. The first-order valence-electron chi connectivity index (χ1n) is 12.6. The molecule has 38 heavy (non-hydrogen) atoms. The van der Waals surface area contributed by atoms with Crippen LogP contribution in [0.3, 0.4) is 0 Å². The highest BCUT2D eigenvalue weighted by Gasteiger charge is 2.22. The molecule has 6 nitrogen and oxygen atoms in total. The van der Waals surface area contributed by atoms with Gasteiger partial charge in [-0.05, 0) is 60.7 Å². The number of benzene rings is 5. The molecule has 3 aromatic heterocycles. The number of hydrogen-bond donors (Lipinski definition) is 1. The van der Waals surface area contributed by atoms with Gasteiger partial charge in [-0.1, -0.05) is 54.6 Å². The van der Waals surface area contributed by atoms with Gasteiger partial charge in [0, 0.05) is 6.07 Å². The van der Waals surface area contributed by atoms with Gasteiger partial charge in [-0.15, -0.1) is 0 Å². The molecular formula is C32H22N5O+. The zero-order chi connectivity index (χ0) is 25.2. The monoisotopic (exact) mass is 492 g/mol. The van der Waals surface area contributed by atoms with Crippen LogP contribution in [0, 0.1) is 0 Å². The maximum absolute atomic E-state index is 10.6. The van der Waals surface area contributed by atoms with Crippen molar-refractivity contribution < 1.29 is 9.67 Å². The lowest BCUT2D eigenvalue weighted by molar-refractivity contribution is -0.567. The standard InChI is InChI=1S/C32H21N5O/c38-31-19-8-7-18-30(31)35-21-34(26-14-3-4-15-27(26)35)22-10-9-11-23(20-22)36-28-16-5-6-17-29(28)37-25-13-2-1-12-24(25)33-32(36)37/h1-21H/p+1. The summed E-state index contributed by atoms with van der Waals surface area (Å²) < 4.78 is 8.65. The number of aromatic hydroxyl groups is 1. The van der Waals surface area contributed by atoms with Crippen molar-refractivity contribution in [1.29, 1.82) is 0 Å². The molecule has 0 atom stereocenters. The van der Waals surface area contributed by atoms with Crippen molar-refractivity contribution >= 4 is 38.9 Å². The zero-order valence-corrected chi connectivity index (χ0v) is 20.3. The summed E-state index contributed by atoms with van der Waals surface area (Å²) in [5.74, 6) is 1.12. The van der Waals surface area contributed by atoms with Crippen LogP contribution in [-0.4, -0.2) is 23.6 Å². The van der Waals surface area contributed by atoms with Gasteiger partial charge in [0.15, 0.2) is 22.5 Å². The Morgan fingerprint density at radius 3 is 2.21 bits per heavy atom. The van der Waals surface area contributed by atoms with E-state index in [1.54, 1.807) is 6.07 Å². The summed E-state index contributed by atoms with van der Waals surface area (Å²) >= 11 is 0. The molecule has 6 heteroatoms. The fourth-order valence-corrected chi connectivity index (χ4v) is 5.56. The van der Waals surface area contributed by atoms with Crippen LogP contribution in [0.4, 0.5) is 0 Å². The third-order valence-electron chi connectivity index (χ3n) is 7.25. The lowest BCUT2D eigenvalue weighted by atomic mass is 10.2. The second-order valence-corrected chi connectivity index (χ2v) is 9.41. The van der Waals surface area contributed by atoms with E-state index in [-0.39, 0.29) is 5.75 Å². The molecule has 0 unspecified atom stereocenters. The van der Waals surface area contributed by atoms with Crippen molar-refractivity contribution in [3.05, 3.63) is 128 Å². The van der Waals surface area contributed by atoms with E-state index >= 15 is 0 Å². The Bertz CT molecular complexity index is 2160. The first-order valence-corrected chi connectivity index (χ1v) is 12.6. The van der Waals surface area contributed by atoms with Crippen LogP contribution in [-0.2, 0) is 0 Å². The van der Waals surface area contributed by atoms with Gasteiger partial charge in [0.1, 0.15) is 5.69 Å². The van der Waals surface area contributed by atoms with Gasteiger partial charge in [0.05, 0.1) is 27.8 Å². The predicted molar refractivity (Wildman–Crippen MR) is 150 cm³/mol. The second kappa shape index (κ2) is 7.82. The summed E-state index contributed by atoms with van der Waals surface area (Å²) in [6.07, 6.45) is 2.03. The SMILES string of the molecule is Oc1ccccc1-n1c[n+](-c2cccc(-n3c4ccccc4n4c5ccccc5nc34)c2)c2ccccc21. The number of nitrogens with zero attached hydrogens (tertiary/aromatic N) is 5. The molecule has 0 amide bonds. The van der Waals surface area contributed by atoms with E-state index in [1.165, 1.54) is 0 Å². The van der Waals surface area contributed by atoms with Gasteiger partial charge in [0.25, 0.3) is 6.33 Å².